The molecule has 0 amide bonds. The number of rotatable bonds is 1. The summed E-state index contributed by atoms with van der Waals surface area (Å²) in [5.74, 6) is 0.565. The summed E-state index contributed by atoms with van der Waals surface area (Å²) in [7, 11) is 3.70. The average Bonchev–Trinajstić information content (AvgIpc) is 2.62. The van der Waals surface area contributed by atoms with E-state index >= 15 is 0 Å². The molecule has 1 atom stereocenters. The molecule has 1 unspecified atom stereocenters. The van der Waals surface area contributed by atoms with Crippen molar-refractivity contribution in [3.63, 3.8) is 0 Å². The molecular formula is C7H12N6. The first-order valence-electron chi connectivity index (χ1n) is 4.07. The largest absolute Gasteiger partial charge is 0.370 e. The summed E-state index contributed by atoms with van der Waals surface area (Å²) in [4.78, 5) is 7.57. The molecule has 70 valence electrons. The molecule has 0 spiro atoms. The summed E-state index contributed by atoms with van der Waals surface area (Å²) in [6, 6.07) is 0.147. The second-order valence-corrected chi connectivity index (χ2v) is 3.08. The Balaban J connectivity index is 2.21. The Morgan fingerprint density at radius 1 is 1.54 bits per heavy atom. The van der Waals surface area contributed by atoms with Crippen LogP contribution in [0.2, 0.25) is 0 Å². The van der Waals surface area contributed by atoms with Gasteiger partial charge >= 0.3 is 0 Å². The van der Waals surface area contributed by atoms with Crippen molar-refractivity contribution in [2.75, 3.05) is 13.6 Å². The monoisotopic (exact) mass is 180 g/mol. The number of hydrogen-bond donors (Lipinski definition) is 1. The highest BCUT2D eigenvalue weighted by Crippen LogP contribution is 2.20. The van der Waals surface area contributed by atoms with Gasteiger partial charge in [0, 0.05) is 14.1 Å². The van der Waals surface area contributed by atoms with E-state index in [1.54, 1.807) is 13.2 Å². The minimum Gasteiger partial charge on any atom is -0.370 e. The zero-order valence-electron chi connectivity index (χ0n) is 7.68. The van der Waals surface area contributed by atoms with Crippen molar-refractivity contribution in [3.8, 4) is 0 Å². The molecule has 2 heterocycles. The first-order valence-corrected chi connectivity index (χ1v) is 4.07. The number of aromatic nitrogens is 3. The maximum absolute atomic E-state index is 5.63. The van der Waals surface area contributed by atoms with Crippen LogP contribution in [0.15, 0.2) is 11.2 Å². The third-order valence-electron chi connectivity index (χ3n) is 2.21. The molecule has 13 heavy (non-hydrogen) atoms. The first-order chi connectivity index (χ1) is 6.18. The van der Waals surface area contributed by atoms with Gasteiger partial charge in [-0.1, -0.05) is 0 Å². The van der Waals surface area contributed by atoms with Crippen LogP contribution in [0, 0.1) is 0 Å². The van der Waals surface area contributed by atoms with Crippen LogP contribution in [0.25, 0.3) is 0 Å². The maximum atomic E-state index is 5.63. The van der Waals surface area contributed by atoms with Gasteiger partial charge in [0.15, 0.2) is 5.96 Å². The lowest BCUT2D eigenvalue weighted by Gasteiger charge is -2.18. The molecule has 1 aromatic rings. The summed E-state index contributed by atoms with van der Waals surface area (Å²) in [6.45, 7) is 0.668. The molecule has 1 aromatic heterocycles. The molecule has 2 N–H and O–H groups in total. The fourth-order valence-electron chi connectivity index (χ4n) is 1.38. The number of nitrogens with two attached hydrogens (primary N) is 1. The Labute approximate surface area is 76.0 Å². The summed E-state index contributed by atoms with van der Waals surface area (Å²) in [5.41, 5.74) is 6.55. The molecule has 0 radical (unpaired) electrons. The van der Waals surface area contributed by atoms with Gasteiger partial charge in [-0.2, -0.15) is 15.0 Å². The zero-order chi connectivity index (χ0) is 9.42. The lowest BCUT2D eigenvalue weighted by Crippen LogP contribution is -2.32. The minimum atomic E-state index is 0.147. The summed E-state index contributed by atoms with van der Waals surface area (Å²) in [5, 5.41) is 8.22. The molecule has 6 heteroatoms. The molecule has 0 saturated carbocycles. The van der Waals surface area contributed by atoms with Gasteiger partial charge in [0.05, 0.1) is 18.8 Å². The van der Waals surface area contributed by atoms with Gasteiger partial charge in [-0.15, -0.1) is 0 Å². The smallest absolute Gasteiger partial charge is 0.191 e. The van der Waals surface area contributed by atoms with Gasteiger partial charge in [0.1, 0.15) is 5.69 Å². The third-order valence-corrected chi connectivity index (χ3v) is 2.21. The second kappa shape index (κ2) is 2.72. The Morgan fingerprint density at radius 3 is 2.77 bits per heavy atom. The summed E-state index contributed by atoms with van der Waals surface area (Å²) < 4.78 is 0. The lowest BCUT2D eigenvalue weighted by molar-refractivity contribution is 0.402. The number of likely N-dealkylation sites (N-methyl/N-ethyl adjacent to an activating group) is 1. The standard InChI is InChI=1S/C7H12N6/c1-12-6(4-9-7(12)8)5-3-10-13(2)11-5/h3,6H,4H2,1-2H3,(H2,8,9). The van der Waals surface area contributed by atoms with Crippen LogP contribution in [0.1, 0.15) is 11.7 Å². The van der Waals surface area contributed by atoms with E-state index < -0.39 is 0 Å². The van der Waals surface area contributed by atoms with E-state index in [0.29, 0.717) is 12.5 Å². The molecule has 1 aliphatic rings. The predicted molar refractivity (Wildman–Crippen MR) is 48.0 cm³/mol. The molecule has 0 saturated heterocycles. The fraction of sp³-hybridized carbons (Fsp3) is 0.571. The van der Waals surface area contributed by atoms with Gasteiger partial charge in [0.2, 0.25) is 0 Å². The molecule has 0 fully saturated rings. The normalized spacial score (nSPS) is 22.2. The number of aryl methyl sites for hydroxylation is 1. The second-order valence-electron chi connectivity index (χ2n) is 3.08. The van der Waals surface area contributed by atoms with Gasteiger partial charge < -0.3 is 10.6 Å². The topological polar surface area (TPSA) is 72.3 Å². The van der Waals surface area contributed by atoms with E-state index in [2.05, 4.69) is 15.2 Å². The van der Waals surface area contributed by atoms with Crippen LogP contribution in [-0.4, -0.2) is 39.4 Å². The van der Waals surface area contributed by atoms with Crippen LogP contribution in [0.4, 0.5) is 0 Å². The van der Waals surface area contributed by atoms with Crippen molar-refractivity contribution in [2.45, 2.75) is 6.04 Å². The fourth-order valence-corrected chi connectivity index (χ4v) is 1.38. The van der Waals surface area contributed by atoms with E-state index in [0.717, 1.165) is 5.69 Å². The molecule has 0 aromatic carbocycles. The quantitative estimate of drug-likeness (QED) is 0.609. The van der Waals surface area contributed by atoms with E-state index in [4.69, 9.17) is 5.73 Å². The average molecular weight is 180 g/mol. The molecule has 0 bridgehead atoms. The lowest BCUT2D eigenvalue weighted by atomic mass is 10.2. The predicted octanol–water partition coefficient (Wildman–Crippen LogP) is -0.884. The van der Waals surface area contributed by atoms with Crippen molar-refractivity contribution < 1.29 is 0 Å². The van der Waals surface area contributed by atoms with Crippen LogP contribution >= 0.6 is 0 Å². The minimum absolute atomic E-state index is 0.147. The molecular weight excluding hydrogens is 168 g/mol. The molecule has 1 aliphatic heterocycles. The number of aliphatic imine (C=N–C) groups is 1. The Hall–Kier alpha value is -1.59. The number of guanidine groups is 1. The Kier molecular flexibility index (Phi) is 1.68. The van der Waals surface area contributed by atoms with Crippen molar-refractivity contribution in [1.82, 2.24) is 19.9 Å². The van der Waals surface area contributed by atoms with Gasteiger partial charge in [-0.05, 0) is 0 Å². The Morgan fingerprint density at radius 2 is 2.31 bits per heavy atom. The molecule has 2 rings (SSSR count). The van der Waals surface area contributed by atoms with E-state index in [9.17, 15) is 0 Å². The SMILES string of the molecule is CN1C(N)=NCC1c1cnn(C)n1. The Bertz CT molecular complexity index is 341. The van der Waals surface area contributed by atoms with Crippen LogP contribution in [0.5, 0.6) is 0 Å². The van der Waals surface area contributed by atoms with Crippen molar-refractivity contribution in [3.05, 3.63) is 11.9 Å². The highest BCUT2D eigenvalue weighted by molar-refractivity contribution is 5.79. The van der Waals surface area contributed by atoms with Crippen molar-refractivity contribution >= 4 is 5.96 Å². The molecule has 6 nitrogen and oxygen atoms in total. The van der Waals surface area contributed by atoms with E-state index in [1.165, 1.54) is 4.80 Å². The van der Waals surface area contributed by atoms with Crippen molar-refractivity contribution in [2.24, 2.45) is 17.8 Å². The van der Waals surface area contributed by atoms with Gasteiger partial charge in [-0.25, -0.2) is 0 Å². The van der Waals surface area contributed by atoms with Crippen LogP contribution < -0.4 is 5.73 Å². The first kappa shape index (κ1) is 8.03. The summed E-state index contributed by atoms with van der Waals surface area (Å²) in [6.07, 6.45) is 1.75. The van der Waals surface area contributed by atoms with Gasteiger partial charge in [-0.3, -0.25) is 4.99 Å². The zero-order valence-corrected chi connectivity index (χ0v) is 7.68. The highest BCUT2D eigenvalue weighted by atomic mass is 15.5. The molecule has 0 aliphatic carbocycles. The highest BCUT2D eigenvalue weighted by Gasteiger charge is 2.26. The van der Waals surface area contributed by atoms with Crippen molar-refractivity contribution in [1.29, 1.82) is 0 Å². The third kappa shape index (κ3) is 1.24. The van der Waals surface area contributed by atoms with Crippen LogP contribution in [0.3, 0.4) is 0 Å². The number of hydrogen-bond acceptors (Lipinski definition) is 5. The number of nitrogens with zero attached hydrogens (tertiary/aromatic N) is 5. The van der Waals surface area contributed by atoms with E-state index in [-0.39, 0.29) is 6.04 Å². The summed E-state index contributed by atoms with van der Waals surface area (Å²) >= 11 is 0. The van der Waals surface area contributed by atoms with E-state index in [1.807, 2.05) is 11.9 Å². The van der Waals surface area contributed by atoms with Crippen LogP contribution in [-0.2, 0) is 7.05 Å². The van der Waals surface area contributed by atoms with Gasteiger partial charge in [0.25, 0.3) is 0 Å². The maximum Gasteiger partial charge on any atom is 0.191 e.